The van der Waals surface area contributed by atoms with Crippen molar-refractivity contribution < 1.29 is 14.6 Å². The van der Waals surface area contributed by atoms with Crippen LogP contribution in [0.15, 0.2) is 30.5 Å². The van der Waals surface area contributed by atoms with Crippen LogP contribution in [0.1, 0.15) is 24.1 Å². The zero-order chi connectivity index (χ0) is 20.2. The van der Waals surface area contributed by atoms with E-state index in [0.29, 0.717) is 24.9 Å². The van der Waals surface area contributed by atoms with Gasteiger partial charge in [-0.1, -0.05) is 23.4 Å². The van der Waals surface area contributed by atoms with Crippen LogP contribution in [0, 0.1) is 11.8 Å². The van der Waals surface area contributed by atoms with Gasteiger partial charge in [0.2, 0.25) is 5.91 Å². The van der Waals surface area contributed by atoms with Crippen molar-refractivity contribution in [1.82, 2.24) is 25.2 Å². The Hall–Kier alpha value is -2.45. The second kappa shape index (κ2) is 8.92. The normalized spacial score (nSPS) is 25.7. The SMILES string of the molecule is COc1ccccc1CNC(=O)[C@H]1CN2CC[C@H]1C[C@@H]2Cn1cc(CCO)nn1. The number of piperidine rings is 3. The first-order valence-corrected chi connectivity index (χ1v) is 10.3. The van der Waals surface area contributed by atoms with E-state index in [2.05, 4.69) is 20.5 Å². The van der Waals surface area contributed by atoms with Crippen LogP contribution in [0.25, 0.3) is 0 Å². The number of para-hydroxylation sites is 1. The van der Waals surface area contributed by atoms with Crippen molar-refractivity contribution in [3.8, 4) is 5.75 Å². The van der Waals surface area contributed by atoms with Gasteiger partial charge in [0.15, 0.2) is 0 Å². The smallest absolute Gasteiger partial charge is 0.224 e. The molecule has 8 nitrogen and oxygen atoms in total. The lowest BCUT2D eigenvalue weighted by Crippen LogP contribution is -2.58. The van der Waals surface area contributed by atoms with Gasteiger partial charge >= 0.3 is 0 Å². The number of aliphatic hydroxyl groups is 1. The number of rotatable bonds is 8. The first kappa shape index (κ1) is 19.8. The van der Waals surface area contributed by atoms with E-state index < -0.39 is 0 Å². The molecule has 3 aliphatic heterocycles. The van der Waals surface area contributed by atoms with E-state index in [-0.39, 0.29) is 18.4 Å². The third kappa shape index (κ3) is 4.43. The fourth-order valence-corrected chi connectivity index (χ4v) is 4.66. The topological polar surface area (TPSA) is 92.5 Å². The first-order chi connectivity index (χ1) is 14.2. The molecule has 8 heteroatoms. The lowest BCUT2D eigenvalue weighted by molar-refractivity contribution is -0.133. The highest BCUT2D eigenvalue weighted by molar-refractivity contribution is 5.79. The Bertz CT molecular complexity index is 839. The molecule has 0 spiro atoms. The van der Waals surface area contributed by atoms with E-state index in [1.807, 2.05) is 35.1 Å². The Morgan fingerprint density at radius 3 is 3.00 bits per heavy atom. The molecule has 0 radical (unpaired) electrons. The maximum atomic E-state index is 12.9. The van der Waals surface area contributed by atoms with Crippen molar-refractivity contribution in [2.45, 2.75) is 38.4 Å². The quantitative estimate of drug-likeness (QED) is 0.684. The summed E-state index contributed by atoms with van der Waals surface area (Å²) in [5, 5.41) is 20.4. The molecule has 3 fully saturated rings. The molecule has 4 atom stereocenters. The molecule has 1 amide bonds. The molecule has 5 rings (SSSR count). The van der Waals surface area contributed by atoms with E-state index in [9.17, 15) is 4.79 Å². The number of methoxy groups -OCH3 is 1. The Labute approximate surface area is 170 Å². The van der Waals surface area contributed by atoms with Crippen molar-refractivity contribution in [3.63, 3.8) is 0 Å². The Morgan fingerprint density at radius 2 is 2.24 bits per heavy atom. The van der Waals surface area contributed by atoms with E-state index in [0.717, 1.165) is 49.5 Å². The fourth-order valence-electron chi connectivity index (χ4n) is 4.66. The minimum absolute atomic E-state index is 0.0374. The molecule has 156 valence electrons. The Balaban J connectivity index is 1.33. The summed E-state index contributed by atoms with van der Waals surface area (Å²) in [6.45, 7) is 3.18. The summed E-state index contributed by atoms with van der Waals surface area (Å²) in [5.41, 5.74) is 1.81. The average molecular weight is 399 g/mol. The third-order valence-electron chi connectivity index (χ3n) is 6.21. The number of hydrogen-bond acceptors (Lipinski definition) is 6. The summed E-state index contributed by atoms with van der Waals surface area (Å²) in [4.78, 5) is 15.3. The second-order valence-corrected chi connectivity index (χ2v) is 7.97. The summed E-state index contributed by atoms with van der Waals surface area (Å²) in [5.74, 6) is 1.38. The maximum Gasteiger partial charge on any atom is 0.224 e. The van der Waals surface area contributed by atoms with Crippen LogP contribution >= 0.6 is 0 Å². The standard InChI is InChI=1S/C21H29N5O3/c1-29-20-5-3-2-4-16(20)11-22-21(28)19-14-25-8-6-15(19)10-18(25)13-26-12-17(7-9-27)23-24-26/h2-5,12,15,18-19,27H,6-11,13-14H2,1H3,(H,22,28)/t15-,18+,19-/m0/s1. The number of carbonyl (C=O) groups excluding carboxylic acids is 1. The minimum atomic E-state index is 0.0374. The van der Waals surface area contributed by atoms with Gasteiger partial charge in [-0.25, -0.2) is 0 Å². The molecule has 3 saturated heterocycles. The van der Waals surface area contributed by atoms with Crippen LogP contribution in [-0.2, 0) is 24.3 Å². The molecule has 1 aromatic heterocycles. The van der Waals surface area contributed by atoms with Gasteiger partial charge in [0.05, 0.1) is 25.3 Å². The second-order valence-electron chi connectivity index (χ2n) is 7.97. The molecule has 0 aliphatic carbocycles. The average Bonchev–Trinajstić information content (AvgIpc) is 3.19. The van der Waals surface area contributed by atoms with Gasteiger partial charge in [0.25, 0.3) is 0 Å². The number of amides is 1. The summed E-state index contributed by atoms with van der Waals surface area (Å²) in [6, 6.07) is 8.17. The summed E-state index contributed by atoms with van der Waals surface area (Å²) in [6.07, 6.45) is 4.51. The van der Waals surface area contributed by atoms with Gasteiger partial charge in [-0.15, -0.1) is 5.10 Å². The van der Waals surface area contributed by atoms with E-state index in [1.54, 1.807) is 7.11 Å². The fraction of sp³-hybridized carbons (Fsp3) is 0.571. The first-order valence-electron chi connectivity index (χ1n) is 10.3. The zero-order valence-electron chi connectivity index (χ0n) is 16.8. The van der Waals surface area contributed by atoms with E-state index >= 15 is 0 Å². The molecule has 3 aliphatic rings. The highest BCUT2D eigenvalue weighted by Gasteiger charge is 2.43. The van der Waals surface area contributed by atoms with Crippen molar-refractivity contribution >= 4 is 5.91 Å². The Kier molecular flexibility index (Phi) is 6.10. The van der Waals surface area contributed by atoms with Gasteiger partial charge in [-0.3, -0.25) is 14.4 Å². The van der Waals surface area contributed by atoms with Crippen LogP contribution in [-0.4, -0.2) is 63.8 Å². The number of ether oxygens (including phenoxy) is 1. The molecular weight excluding hydrogens is 370 g/mol. The van der Waals surface area contributed by atoms with Gasteiger partial charge in [-0.2, -0.15) is 0 Å². The molecule has 1 unspecified atom stereocenters. The predicted molar refractivity (Wildman–Crippen MR) is 107 cm³/mol. The van der Waals surface area contributed by atoms with Crippen LogP contribution in [0.4, 0.5) is 0 Å². The number of fused-ring (bicyclic) bond motifs is 3. The number of hydrogen-bond donors (Lipinski definition) is 2. The van der Waals surface area contributed by atoms with Gasteiger partial charge in [0.1, 0.15) is 5.75 Å². The van der Waals surface area contributed by atoms with Crippen LogP contribution < -0.4 is 10.1 Å². The molecule has 0 saturated carbocycles. The lowest BCUT2D eigenvalue weighted by Gasteiger charge is -2.49. The number of aromatic nitrogens is 3. The molecule has 2 aromatic rings. The molecule has 4 heterocycles. The third-order valence-corrected chi connectivity index (χ3v) is 6.21. The van der Waals surface area contributed by atoms with Crippen molar-refractivity contribution in [1.29, 1.82) is 0 Å². The minimum Gasteiger partial charge on any atom is -0.496 e. The van der Waals surface area contributed by atoms with Gasteiger partial charge < -0.3 is 15.2 Å². The largest absolute Gasteiger partial charge is 0.496 e. The van der Waals surface area contributed by atoms with Crippen LogP contribution in [0.5, 0.6) is 5.75 Å². The molecule has 2 N–H and O–H groups in total. The zero-order valence-corrected chi connectivity index (χ0v) is 16.8. The van der Waals surface area contributed by atoms with Crippen LogP contribution in [0.3, 0.4) is 0 Å². The van der Waals surface area contributed by atoms with Gasteiger partial charge in [-0.05, 0) is 31.4 Å². The van der Waals surface area contributed by atoms with E-state index in [4.69, 9.17) is 9.84 Å². The molecule has 1 aromatic carbocycles. The van der Waals surface area contributed by atoms with Crippen LogP contribution in [0.2, 0.25) is 0 Å². The highest BCUT2D eigenvalue weighted by Crippen LogP contribution is 2.37. The van der Waals surface area contributed by atoms with Crippen molar-refractivity contribution in [3.05, 3.63) is 41.7 Å². The molecular formula is C21H29N5O3. The van der Waals surface area contributed by atoms with E-state index in [1.165, 1.54) is 0 Å². The number of aliphatic hydroxyl groups excluding tert-OH is 1. The van der Waals surface area contributed by atoms with Crippen molar-refractivity contribution in [2.24, 2.45) is 11.8 Å². The van der Waals surface area contributed by atoms with Crippen molar-refractivity contribution in [2.75, 3.05) is 26.8 Å². The molecule has 2 bridgehead atoms. The number of nitrogens with one attached hydrogen (secondary N) is 1. The summed E-state index contributed by atoms with van der Waals surface area (Å²) >= 11 is 0. The monoisotopic (exact) mass is 399 g/mol. The highest BCUT2D eigenvalue weighted by atomic mass is 16.5. The van der Waals surface area contributed by atoms with Gasteiger partial charge in [0, 0.05) is 43.9 Å². The number of nitrogens with zero attached hydrogens (tertiary/aromatic N) is 4. The lowest BCUT2D eigenvalue weighted by atomic mass is 9.75. The molecule has 29 heavy (non-hydrogen) atoms. The Morgan fingerprint density at radius 1 is 1.38 bits per heavy atom. The summed E-state index contributed by atoms with van der Waals surface area (Å²) in [7, 11) is 1.65. The number of carbonyl (C=O) groups is 1. The predicted octanol–water partition coefficient (Wildman–Crippen LogP) is 0.848. The maximum absolute atomic E-state index is 12.9. The number of benzene rings is 1. The summed E-state index contributed by atoms with van der Waals surface area (Å²) < 4.78 is 7.24.